The SMILES string of the molecule is CC/C=C\C/C=C\C/C=C\C/C=C\C/C=C\C/C=C\C/C=C\C/C=C\C/C=C\C/C=C\CCCCCCCCCCC(=O)NC(COC1OC(CO)C(OC2OC(CO)C(O)C(O)C2O)C(O)C1O)C(O)/C=C/CC/C=C/CCCCCCCCCCCCCCCCC. The number of amides is 1. The molecule has 0 spiro atoms. The third-order valence-corrected chi connectivity index (χ3v) is 17.0. The Morgan fingerprint density at radius 1 is 0.394 bits per heavy atom. The molecule has 536 valence electrons. The van der Waals surface area contributed by atoms with E-state index in [1.165, 1.54) is 116 Å². The molecule has 0 aromatic rings. The minimum atomic E-state index is -1.80. The van der Waals surface area contributed by atoms with Crippen LogP contribution in [-0.4, -0.2) is 140 Å². The first-order valence-corrected chi connectivity index (χ1v) is 37.1. The number of nitrogens with one attached hydrogen (secondary N) is 1. The van der Waals surface area contributed by atoms with Gasteiger partial charge in [0, 0.05) is 6.42 Å². The zero-order valence-electron chi connectivity index (χ0n) is 58.4. The van der Waals surface area contributed by atoms with E-state index in [0.29, 0.717) is 12.8 Å². The number of carbonyl (C=O) groups excluding carboxylic acids is 1. The topological polar surface area (TPSA) is 228 Å². The molecule has 0 aromatic carbocycles. The molecule has 0 aliphatic carbocycles. The van der Waals surface area contributed by atoms with E-state index in [-0.39, 0.29) is 18.9 Å². The Morgan fingerprint density at radius 3 is 1.17 bits per heavy atom. The number of allylic oxidation sites excluding steroid dienone is 23. The summed E-state index contributed by atoms with van der Waals surface area (Å²) in [5, 5.41) is 87.5. The van der Waals surface area contributed by atoms with Crippen molar-refractivity contribution >= 4 is 5.91 Å². The molecule has 2 rings (SSSR count). The second-order valence-electron chi connectivity index (χ2n) is 25.3. The van der Waals surface area contributed by atoms with Crippen LogP contribution in [-0.2, 0) is 23.7 Å². The highest BCUT2D eigenvalue weighted by atomic mass is 16.7. The van der Waals surface area contributed by atoms with Crippen LogP contribution in [0.2, 0.25) is 0 Å². The van der Waals surface area contributed by atoms with Crippen molar-refractivity contribution < 1.29 is 64.6 Å². The van der Waals surface area contributed by atoms with Gasteiger partial charge in [0.2, 0.25) is 5.91 Å². The first-order valence-electron chi connectivity index (χ1n) is 37.1. The number of aliphatic hydroxyl groups is 8. The predicted octanol–water partition coefficient (Wildman–Crippen LogP) is 16.0. The van der Waals surface area contributed by atoms with E-state index in [4.69, 9.17) is 18.9 Å². The Bertz CT molecular complexity index is 2140. The molecule has 2 saturated heterocycles. The Kier molecular flexibility index (Phi) is 57.1. The van der Waals surface area contributed by atoms with Gasteiger partial charge >= 0.3 is 0 Å². The van der Waals surface area contributed by atoms with Crippen molar-refractivity contribution in [2.24, 2.45) is 0 Å². The summed E-state index contributed by atoms with van der Waals surface area (Å²) in [6.45, 7) is 2.67. The van der Waals surface area contributed by atoms with Crippen LogP contribution >= 0.6 is 0 Å². The fourth-order valence-corrected chi connectivity index (χ4v) is 11.2. The third kappa shape index (κ3) is 45.4. The van der Waals surface area contributed by atoms with Gasteiger partial charge in [0.15, 0.2) is 12.6 Å². The standard InChI is InChI=1S/C80H133NO13/c1-3-5-7-9-11-13-15-17-19-21-23-25-26-27-28-29-30-31-32-33-34-35-36-37-38-39-40-41-42-44-46-48-50-52-54-56-58-60-62-64-72(85)81-68(69(84)63-61-59-57-55-53-51-49-47-45-43-24-22-20-18-16-14-12-10-8-6-4-2)67-91-79-77(90)75(88)78(71(66-83)93-79)94-80-76(89)74(87)73(86)70(65-82)92-80/h5,7,11,13,17,19,23,25,27-28,30-31,33-34,36-37,39-40,42,44,53,55,61,63,68-71,73-80,82-84,86-90H,3-4,6,8-10,12,14-16,18,20-22,24,26,29,32,35,38,41,43,45-52,54,56-60,62,64-67H2,1-2H3,(H,81,85)/b7-5-,13-11-,19-17-,25-23-,28-27-,31-30-,34-33-,37-36-,40-39-,44-42-,55-53+,63-61+. The van der Waals surface area contributed by atoms with Crippen molar-refractivity contribution in [2.75, 3.05) is 19.8 Å². The van der Waals surface area contributed by atoms with Crippen LogP contribution in [0.5, 0.6) is 0 Å². The first kappa shape index (κ1) is 86.0. The lowest BCUT2D eigenvalue weighted by atomic mass is 9.97. The molecule has 12 atom stereocenters. The Balaban J connectivity index is 1.66. The Labute approximate surface area is 570 Å². The van der Waals surface area contributed by atoms with E-state index in [0.717, 1.165) is 109 Å². The smallest absolute Gasteiger partial charge is 0.220 e. The molecule has 12 unspecified atom stereocenters. The van der Waals surface area contributed by atoms with Crippen LogP contribution in [0, 0.1) is 0 Å². The summed E-state index contributed by atoms with van der Waals surface area (Å²) < 4.78 is 22.8. The summed E-state index contributed by atoms with van der Waals surface area (Å²) in [4.78, 5) is 13.3. The van der Waals surface area contributed by atoms with Crippen molar-refractivity contribution in [1.82, 2.24) is 5.32 Å². The zero-order chi connectivity index (χ0) is 68.0. The largest absolute Gasteiger partial charge is 0.394 e. The Hall–Kier alpha value is -4.13. The summed E-state index contributed by atoms with van der Waals surface area (Å²) in [7, 11) is 0. The highest BCUT2D eigenvalue weighted by molar-refractivity contribution is 5.76. The van der Waals surface area contributed by atoms with Gasteiger partial charge in [-0.3, -0.25) is 4.79 Å². The average Bonchev–Trinajstić information content (AvgIpc) is 0.794. The first-order chi connectivity index (χ1) is 46.1. The van der Waals surface area contributed by atoms with Crippen LogP contribution in [0.1, 0.15) is 258 Å². The van der Waals surface area contributed by atoms with Crippen LogP contribution in [0.25, 0.3) is 0 Å². The molecule has 0 radical (unpaired) electrons. The molecule has 14 heteroatoms. The molecule has 2 aliphatic rings. The van der Waals surface area contributed by atoms with E-state index >= 15 is 0 Å². The predicted molar refractivity (Wildman–Crippen MR) is 387 cm³/mol. The molecule has 2 aliphatic heterocycles. The van der Waals surface area contributed by atoms with Crippen molar-refractivity contribution in [3.8, 4) is 0 Å². The lowest BCUT2D eigenvalue weighted by Crippen LogP contribution is -2.65. The van der Waals surface area contributed by atoms with Gasteiger partial charge in [-0.1, -0.05) is 288 Å². The molecular weight excluding hydrogens is 1180 g/mol. The number of hydrogen-bond acceptors (Lipinski definition) is 13. The molecular formula is C80H133NO13. The van der Waals surface area contributed by atoms with Crippen molar-refractivity contribution in [3.05, 3.63) is 146 Å². The summed E-state index contributed by atoms with van der Waals surface area (Å²) in [6.07, 6.45) is 77.6. The molecule has 2 heterocycles. The fraction of sp³-hybridized carbons (Fsp3) is 0.688. The zero-order valence-corrected chi connectivity index (χ0v) is 58.4. The minimum Gasteiger partial charge on any atom is -0.394 e. The summed E-state index contributed by atoms with van der Waals surface area (Å²) >= 11 is 0. The van der Waals surface area contributed by atoms with E-state index < -0.39 is 86.8 Å². The van der Waals surface area contributed by atoms with Gasteiger partial charge in [-0.05, 0) is 109 Å². The number of carbonyl (C=O) groups is 1. The second kappa shape index (κ2) is 62.4. The van der Waals surface area contributed by atoms with Crippen molar-refractivity contribution in [3.63, 3.8) is 0 Å². The second-order valence-corrected chi connectivity index (χ2v) is 25.3. The molecule has 0 bridgehead atoms. The number of hydrogen-bond donors (Lipinski definition) is 9. The van der Waals surface area contributed by atoms with Crippen LogP contribution in [0.15, 0.2) is 146 Å². The van der Waals surface area contributed by atoms with Gasteiger partial charge in [0.25, 0.3) is 0 Å². The molecule has 2 fully saturated rings. The average molecular weight is 1320 g/mol. The maximum Gasteiger partial charge on any atom is 0.220 e. The third-order valence-electron chi connectivity index (χ3n) is 17.0. The Morgan fingerprint density at radius 2 is 0.745 bits per heavy atom. The number of rotatable bonds is 59. The lowest BCUT2D eigenvalue weighted by Gasteiger charge is -2.46. The minimum absolute atomic E-state index is 0.255. The van der Waals surface area contributed by atoms with E-state index in [1.807, 2.05) is 6.08 Å². The summed E-state index contributed by atoms with van der Waals surface area (Å²) in [6, 6.07) is -0.948. The fourth-order valence-electron chi connectivity index (χ4n) is 11.2. The van der Waals surface area contributed by atoms with Gasteiger partial charge in [0.05, 0.1) is 32.0 Å². The van der Waals surface area contributed by atoms with Gasteiger partial charge in [-0.25, -0.2) is 0 Å². The van der Waals surface area contributed by atoms with Crippen molar-refractivity contribution in [2.45, 2.75) is 331 Å². The molecule has 0 saturated carbocycles. The van der Waals surface area contributed by atoms with Gasteiger partial charge in [-0.2, -0.15) is 0 Å². The lowest BCUT2D eigenvalue weighted by molar-refractivity contribution is -0.359. The highest BCUT2D eigenvalue weighted by Gasteiger charge is 2.51. The van der Waals surface area contributed by atoms with Gasteiger partial charge < -0.3 is 65.1 Å². The van der Waals surface area contributed by atoms with Crippen LogP contribution in [0.4, 0.5) is 0 Å². The highest BCUT2D eigenvalue weighted by Crippen LogP contribution is 2.30. The quantitative estimate of drug-likeness (QED) is 0.0204. The van der Waals surface area contributed by atoms with Crippen LogP contribution < -0.4 is 5.32 Å². The molecule has 0 aromatic heterocycles. The van der Waals surface area contributed by atoms with Gasteiger partial charge in [-0.15, -0.1) is 0 Å². The molecule has 14 nitrogen and oxygen atoms in total. The summed E-state index contributed by atoms with van der Waals surface area (Å²) in [5.74, 6) is -0.262. The monoisotopic (exact) mass is 1320 g/mol. The van der Waals surface area contributed by atoms with Gasteiger partial charge in [0.1, 0.15) is 48.8 Å². The van der Waals surface area contributed by atoms with Crippen molar-refractivity contribution in [1.29, 1.82) is 0 Å². The normalized spacial score (nSPS) is 23.3. The van der Waals surface area contributed by atoms with Crippen LogP contribution in [0.3, 0.4) is 0 Å². The number of aliphatic hydroxyl groups excluding tert-OH is 8. The summed E-state index contributed by atoms with van der Waals surface area (Å²) in [5.41, 5.74) is 0. The number of ether oxygens (including phenoxy) is 4. The maximum absolute atomic E-state index is 13.3. The number of unbranched alkanes of at least 4 members (excludes halogenated alkanes) is 24. The van der Waals surface area contributed by atoms with E-state index in [9.17, 15) is 45.6 Å². The molecule has 94 heavy (non-hydrogen) atoms. The molecule has 1 amide bonds. The maximum atomic E-state index is 13.3. The van der Waals surface area contributed by atoms with E-state index in [1.54, 1.807) is 6.08 Å². The van der Waals surface area contributed by atoms with E-state index in [2.05, 4.69) is 153 Å². The molecule has 9 N–H and O–H groups in total.